The second kappa shape index (κ2) is 7.33. The zero-order valence-corrected chi connectivity index (χ0v) is 12.9. The lowest BCUT2D eigenvalue weighted by Crippen LogP contribution is -2.35. The number of aromatic nitrogens is 1. The molecule has 1 aromatic heterocycles. The molecule has 0 saturated carbocycles. The molecule has 0 aliphatic rings. The largest absolute Gasteiger partial charge is 0.476 e. The van der Waals surface area contributed by atoms with E-state index in [1.165, 1.54) is 0 Å². The zero-order chi connectivity index (χ0) is 15.2. The third-order valence-electron chi connectivity index (χ3n) is 2.83. The minimum atomic E-state index is -0.762. The maximum absolute atomic E-state index is 10.3. The van der Waals surface area contributed by atoms with Crippen molar-refractivity contribution in [1.29, 1.82) is 0 Å². The predicted octanol–water partition coefficient (Wildman–Crippen LogP) is 2.66. The van der Waals surface area contributed by atoms with Crippen LogP contribution in [0.1, 0.15) is 40.5 Å². The molecule has 0 amide bonds. The van der Waals surface area contributed by atoms with Crippen LogP contribution in [-0.4, -0.2) is 28.8 Å². The smallest absolute Gasteiger partial charge is 0.239 e. The molecule has 20 heavy (non-hydrogen) atoms. The Bertz CT molecular complexity index is 420. The van der Waals surface area contributed by atoms with E-state index in [1.54, 1.807) is 12.1 Å². The summed E-state index contributed by atoms with van der Waals surface area (Å²) in [6.07, 6.45) is 1.63. The van der Waals surface area contributed by atoms with Crippen LogP contribution < -0.4 is 15.8 Å². The van der Waals surface area contributed by atoms with Gasteiger partial charge in [-0.05, 0) is 37.8 Å². The van der Waals surface area contributed by atoms with Crippen LogP contribution in [0.2, 0.25) is 0 Å². The highest BCUT2D eigenvalue weighted by atomic mass is 16.5. The van der Waals surface area contributed by atoms with E-state index in [4.69, 9.17) is 10.5 Å². The molecule has 1 aromatic rings. The highest BCUT2D eigenvalue weighted by Gasteiger charge is 2.21. The zero-order valence-electron chi connectivity index (χ0n) is 12.9. The summed E-state index contributed by atoms with van der Waals surface area (Å²) in [6.45, 7) is 9.06. The monoisotopic (exact) mass is 281 g/mol. The number of ether oxygens (including phenoxy) is 1. The van der Waals surface area contributed by atoms with Gasteiger partial charge in [-0.2, -0.15) is 4.98 Å². The Morgan fingerprint density at radius 1 is 1.45 bits per heavy atom. The number of anilines is 2. The van der Waals surface area contributed by atoms with Crippen LogP contribution in [0.25, 0.3) is 0 Å². The van der Waals surface area contributed by atoms with Gasteiger partial charge in [-0.25, -0.2) is 0 Å². The molecule has 1 rings (SSSR count). The predicted molar refractivity (Wildman–Crippen MR) is 83.0 cm³/mol. The molecule has 4 N–H and O–H groups in total. The molecule has 114 valence electrons. The molecular formula is C15H27N3O2. The highest BCUT2D eigenvalue weighted by molar-refractivity contribution is 5.53. The first-order chi connectivity index (χ1) is 9.34. The van der Waals surface area contributed by atoms with E-state index in [2.05, 4.69) is 24.1 Å². The Balaban J connectivity index is 2.64. The van der Waals surface area contributed by atoms with Gasteiger partial charge < -0.3 is 20.9 Å². The van der Waals surface area contributed by atoms with Gasteiger partial charge >= 0.3 is 0 Å². The lowest BCUT2D eigenvalue weighted by atomic mass is 9.94. The molecule has 5 heteroatoms. The molecule has 5 nitrogen and oxygen atoms in total. The van der Waals surface area contributed by atoms with Gasteiger partial charge in [0.05, 0.1) is 17.9 Å². The van der Waals surface area contributed by atoms with Crippen molar-refractivity contribution in [2.45, 2.75) is 46.1 Å². The minimum absolute atomic E-state index is 0.439. The second-order valence-electron chi connectivity index (χ2n) is 5.89. The van der Waals surface area contributed by atoms with E-state index < -0.39 is 5.60 Å². The van der Waals surface area contributed by atoms with Gasteiger partial charge in [-0.3, -0.25) is 0 Å². The molecule has 0 radical (unpaired) electrons. The summed E-state index contributed by atoms with van der Waals surface area (Å²) in [7, 11) is 0. The van der Waals surface area contributed by atoms with Crippen LogP contribution >= 0.6 is 0 Å². The van der Waals surface area contributed by atoms with Crippen molar-refractivity contribution in [3.8, 4) is 5.88 Å². The number of aliphatic hydroxyl groups is 1. The molecule has 1 atom stereocenters. The lowest BCUT2D eigenvalue weighted by molar-refractivity contribution is 0.0514. The highest BCUT2D eigenvalue weighted by Crippen LogP contribution is 2.22. The van der Waals surface area contributed by atoms with Crippen molar-refractivity contribution < 1.29 is 9.84 Å². The molecule has 1 unspecified atom stereocenters. The van der Waals surface area contributed by atoms with Gasteiger partial charge in [0.2, 0.25) is 5.88 Å². The second-order valence-corrected chi connectivity index (χ2v) is 5.89. The Morgan fingerprint density at radius 2 is 2.15 bits per heavy atom. The number of rotatable bonds is 8. The van der Waals surface area contributed by atoms with Gasteiger partial charge in [-0.1, -0.05) is 20.8 Å². The number of pyridine rings is 1. The molecule has 0 aromatic carbocycles. The van der Waals surface area contributed by atoms with Crippen molar-refractivity contribution in [1.82, 2.24) is 4.98 Å². The van der Waals surface area contributed by atoms with Crippen LogP contribution in [0, 0.1) is 5.92 Å². The molecule has 0 aliphatic carbocycles. The van der Waals surface area contributed by atoms with Crippen LogP contribution in [-0.2, 0) is 0 Å². The molecule has 0 fully saturated rings. The Hall–Kier alpha value is -1.49. The minimum Gasteiger partial charge on any atom is -0.476 e. The Kier molecular flexibility index (Phi) is 6.07. The van der Waals surface area contributed by atoms with Crippen molar-refractivity contribution >= 4 is 11.5 Å². The number of nitrogen functional groups attached to an aromatic ring is 1. The van der Waals surface area contributed by atoms with E-state index in [1.807, 2.05) is 13.8 Å². The fourth-order valence-corrected chi connectivity index (χ4v) is 2.10. The van der Waals surface area contributed by atoms with Gasteiger partial charge in [0, 0.05) is 6.54 Å². The van der Waals surface area contributed by atoms with Gasteiger partial charge in [0.25, 0.3) is 0 Å². The number of nitrogens with zero attached hydrogens (tertiary/aromatic N) is 1. The maximum atomic E-state index is 10.3. The van der Waals surface area contributed by atoms with Crippen LogP contribution in [0.4, 0.5) is 11.5 Å². The maximum Gasteiger partial charge on any atom is 0.239 e. The molecule has 0 spiro atoms. The van der Waals surface area contributed by atoms with Crippen molar-refractivity contribution in [2.75, 3.05) is 24.2 Å². The number of hydrogen-bond acceptors (Lipinski definition) is 5. The third-order valence-corrected chi connectivity index (χ3v) is 2.83. The fraction of sp³-hybridized carbons (Fsp3) is 0.667. The van der Waals surface area contributed by atoms with Crippen LogP contribution in [0.5, 0.6) is 5.88 Å². The van der Waals surface area contributed by atoms with Gasteiger partial charge in [-0.15, -0.1) is 0 Å². The van der Waals surface area contributed by atoms with Gasteiger partial charge in [0.15, 0.2) is 0 Å². The average Bonchev–Trinajstić information content (AvgIpc) is 2.35. The summed E-state index contributed by atoms with van der Waals surface area (Å²) in [5.41, 5.74) is 5.58. The summed E-state index contributed by atoms with van der Waals surface area (Å²) >= 11 is 0. The SMILES string of the molecule is CCCOc1nc(NCC(C)(O)CC(C)C)ccc1N. The number of nitrogens with one attached hydrogen (secondary N) is 1. The molecule has 0 aliphatic heterocycles. The molecular weight excluding hydrogens is 254 g/mol. The number of nitrogens with two attached hydrogens (primary N) is 1. The molecule has 0 bridgehead atoms. The average molecular weight is 281 g/mol. The number of hydrogen-bond donors (Lipinski definition) is 3. The summed E-state index contributed by atoms with van der Waals surface area (Å²) in [4.78, 5) is 4.32. The molecule has 1 heterocycles. The van der Waals surface area contributed by atoms with Crippen LogP contribution in [0.15, 0.2) is 12.1 Å². The van der Waals surface area contributed by atoms with E-state index in [9.17, 15) is 5.11 Å². The Morgan fingerprint density at radius 3 is 2.75 bits per heavy atom. The van der Waals surface area contributed by atoms with Crippen molar-refractivity contribution in [3.05, 3.63) is 12.1 Å². The van der Waals surface area contributed by atoms with E-state index in [-0.39, 0.29) is 0 Å². The van der Waals surface area contributed by atoms with E-state index in [0.717, 1.165) is 12.8 Å². The first-order valence-electron chi connectivity index (χ1n) is 7.19. The van der Waals surface area contributed by atoms with Crippen molar-refractivity contribution in [2.24, 2.45) is 5.92 Å². The third kappa shape index (κ3) is 5.65. The first kappa shape index (κ1) is 16.6. The van der Waals surface area contributed by atoms with Crippen LogP contribution in [0.3, 0.4) is 0 Å². The van der Waals surface area contributed by atoms with Gasteiger partial charge in [0.1, 0.15) is 5.82 Å². The van der Waals surface area contributed by atoms with E-state index >= 15 is 0 Å². The summed E-state index contributed by atoms with van der Waals surface area (Å²) < 4.78 is 5.48. The van der Waals surface area contributed by atoms with E-state index in [0.29, 0.717) is 36.5 Å². The standard InChI is InChI=1S/C15H27N3O2/c1-5-8-20-14-12(16)6-7-13(18-14)17-10-15(4,19)9-11(2)3/h6-7,11,19H,5,8-10,16H2,1-4H3,(H,17,18). The van der Waals surface area contributed by atoms with Crippen molar-refractivity contribution in [3.63, 3.8) is 0 Å². The topological polar surface area (TPSA) is 80.4 Å². The summed E-state index contributed by atoms with van der Waals surface area (Å²) in [6, 6.07) is 3.55. The first-order valence-corrected chi connectivity index (χ1v) is 7.19. The normalized spacial score (nSPS) is 14.1. The summed E-state index contributed by atoms with van der Waals surface area (Å²) in [5, 5.41) is 13.4. The summed E-state index contributed by atoms with van der Waals surface area (Å²) in [5.74, 6) is 1.55. The quantitative estimate of drug-likeness (QED) is 0.682. The molecule has 0 saturated heterocycles. The fourth-order valence-electron chi connectivity index (χ4n) is 2.10. The lowest BCUT2D eigenvalue weighted by Gasteiger charge is -2.26. The Labute approximate surface area is 121 Å².